The Kier molecular flexibility index (Phi) is 5.90. The molecule has 148 valence electrons. The van der Waals surface area contributed by atoms with E-state index >= 15 is 0 Å². The van der Waals surface area contributed by atoms with Gasteiger partial charge in [0.1, 0.15) is 0 Å². The third-order valence-electron chi connectivity index (χ3n) is 3.99. The van der Waals surface area contributed by atoms with Gasteiger partial charge >= 0.3 is 12.1 Å². The second-order valence-corrected chi connectivity index (χ2v) is 7.44. The van der Waals surface area contributed by atoms with Crippen molar-refractivity contribution in [3.05, 3.63) is 44.2 Å². The average molecular weight is 426 g/mol. The molecule has 1 aliphatic rings. The fourth-order valence-electron chi connectivity index (χ4n) is 2.35. The van der Waals surface area contributed by atoms with Crippen molar-refractivity contribution in [1.29, 1.82) is 0 Å². The molecule has 0 bridgehead atoms. The molecule has 1 fully saturated rings. The smallest absolute Gasteiger partial charge is 0.419 e. The largest absolute Gasteiger partial charge is 0.434 e. The number of esters is 1. The second-order valence-electron chi connectivity index (χ2n) is 6.62. The Hall–Kier alpha value is -2.58. The standard InChI is InChI=1S/C18H17Cl2N3O5/c1-8(2)11-7-14(22-23-16(11)24)27-15-12(19)5-10(6-13(15)20)21-18(26)28-17(25)9-3-4-9/h5-9H,3-4H2,1-2H3,(H,21,26)(H,23,24). The van der Waals surface area contributed by atoms with Crippen LogP contribution in [0.15, 0.2) is 23.0 Å². The first-order valence-electron chi connectivity index (χ1n) is 8.53. The number of aromatic amines is 1. The van der Waals surface area contributed by atoms with E-state index in [1.165, 1.54) is 18.2 Å². The van der Waals surface area contributed by atoms with Crippen molar-refractivity contribution in [2.75, 3.05) is 5.32 Å². The summed E-state index contributed by atoms with van der Waals surface area (Å²) in [6.07, 6.45) is 0.543. The van der Waals surface area contributed by atoms with Crippen LogP contribution in [-0.2, 0) is 9.53 Å². The highest BCUT2D eigenvalue weighted by molar-refractivity contribution is 6.37. The first-order valence-corrected chi connectivity index (χ1v) is 9.29. The van der Waals surface area contributed by atoms with Gasteiger partial charge in [-0.2, -0.15) is 0 Å². The van der Waals surface area contributed by atoms with Gasteiger partial charge in [0.2, 0.25) is 5.88 Å². The highest BCUT2D eigenvalue weighted by Gasteiger charge is 2.32. The molecule has 3 rings (SSSR count). The zero-order valence-electron chi connectivity index (χ0n) is 15.0. The number of ether oxygens (including phenoxy) is 2. The molecule has 0 atom stereocenters. The molecule has 0 saturated heterocycles. The van der Waals surface area contributed by atoms with E-state index in [9.17, 15) is 14.4 Å². The van der Waals surface area contributed by atoms with Crippen LogP contribution >= 0.6 is 23.2 Å². The van der Waals surface area contributed by atoms with Crippen LogP contribution in [0.5, 0.6) is 11.6 Å². The van der Waals surface area contributed by atoms with Gasteiger partial charge in [-0.3, -0.25) is 14.9 Å². The van der Waals surface area contributed by atoms with E-state index in [-0.39, 0.29) is 44.8 Å². The highest BCUT2D eigenvalue weighted by Crippen LogP contribution is 2.38. The van der Waals surface area contributed by atoms with Crippen LogP contribution in [0.4, 0.5) is 10.5 Å². The third kappa shape index (κ3) is 4.82. The lowest BCUT2D eigenvalue weighted by Crippen LogP contribution is -2.19. The lowest BCUT2D eigenvalue weighted by Gasteiger charge is -2.12. The van der Waals surface area contributed by atoms with Crippen molar-refractivity contribution in [1.82, 2.24) is 10.2 Å². The normalized spacial score (nSPS) is 13.3. The van der Waals surface area contributed by atoms with Gasteiger partial charge in [0.05, 0.1) is 16.0 Å². The van der Waals surface area contributed by atoms with Gasteiger partial charge in [-0.05, 0) is 30.9 Å². The molecule has 1 aliphatic carbocycles. The van der Waals surface area contributed by atoms with E-state index in [1.54, 1.807) is 0 Å². The number of H-pyrrole nitrogens is 1. The van der Waals surface area contributed by atoms with Crippen LogP contribution in [0.2, 0.25) is 10.0 Å². The van der Waals surface area contributed by atoms with Gasteiger partial charge in [-0.15, -0.1) is 5.10 Å². The van der Waals surface area contributed by atoms with Crippen molar-refractivity contribution in [3.63, 3.8) is 0 Å². The number of hydrogen-bond acceptors (Lipinski definition) is 6. The van der Waals surface area contributed by atoms with Crippen LogP contribution in [0, 0.1) is 5.92 Å². The molecule has 28 heavy (non-hydrogen) atoms. The number of anilines is 1. The molecular weight excluding hydrogens is 409 g/mol. The molecule has 0 unspecified atom stereocenters. The quantitative estimate of drug-likeness (QED) is 0.539. The van der Waals surface area contributed by atoms with Crippen LogP contribution in [0.1, 0.15) is 38.2 Å². The fourth-order valence-corrected chi connectivity index (χ4v) is 2.92. The Morgan fingerprint density at radius 1 is 1.21 bits per heavy atom. The molecule has 2 aromatic rings. The second kappa shape index (κ2) is 8.20. The first kappa shape index (κ1) is 20.2. The summed E-state index contributed by atoms with van der Waals surface area (Å²) in [7, 11) is 0. The molecule has 1 aromatic heterocycles. The maximum atomic E-state index is 11.8. The van der Waals surface area contributed by atoms with E-state index in [0.29, 0.717) is 5.56 Å². The number of aromatic nitrogens is 2. The number of carbonyl (C=O) groups is 2. The minimum Gasteiger partial charge on any atom is -0.434 e. The van der Waals surface area contributed by atoms with Crippen molar-refractivity contribution in [2.45, 2.75) is 32.6 Å². The zero-order valence-corrected chi connectivity index (χ0v) is 16.6. The molecule has 1 aromatic carbocycles. The Morgan fingerprint density at radius 2 is 1.86 bits per heavy atom. The number of benzene rings is 1. The minimum atomic E-state index is -0.915. The summed E-state index contributed by atoms with van der Waals surface area (Å²) in [6, 6.07) is 4.28. The number of amides is 1. The van der Waals surface area contributed by atoms with Gasteiger partial charge in [0.15, 0.2) is 5.75 Å². The molecule has 1 amide bonds. The predicted molar refractivity (Wildman–Crippen MR) is 103 cm³/mol. The molecule has 1 saturated carbocycles. The Balaban J connectivity index is 1.75. The number of rotatable bonds is 5. The number of nitrogens with zero attached hydrogens (tertiary/aromatic N) is 1. The van der Waals surface area contributed by atoms with Crippen molar-refractivity contribution < 1.29 is 19.1 Å². The topological polar surface area (TPSA) is 110 Å². The van der Waals surface area contributed by atoms with Gasteiger partial charge < -0.3 is 9.47 Å². The minimum absolute atomic E-state index is 0.0315. The summed E-state index contributed by atoms with van der Waals surface area (Å²) in [5.74, 6) is -0.571. The Bertz CT molecular complexity index is 962. The number of nitrogens with one attached hydrogen (secondary N) is 2. The number of hydrogen-bond donors (Lipinski definition) is 2. The van der Waals surface area contributed by atoms with Crippen LogP contribution < -0.4 is 15.6 Å². The van der Waals surface area contributed by atoms with E-state index < -0.39 is 12.1 Å². The predicted octanol–water partition coefficient (Wildman–Crippen LogP) is 4.48. The maximum absolute atomic E-state index is 11.8. The Morgan fingerprint density at radius 3 is 2.43 bits per heavy atom. The summed E-state index contributed by atoms with van der Waals surface area (Å²) < 4.78 is 10.3. The SMILES string of the molecule is CC(C)c1cc(Oc2c(Cl)cc(NC(=O)OC(=O)C3CC3)cc2Cl)n[nH]c1=O. The first-order chi connectivity index (χ1) is 13.2. The fraction of sp³-hybridized carbons (Fsp3) is 0.333. The monoisotopic (exact) mass is 425 g/mol. The van der Waals surface area contributed by atoms with E-state index in [2.05, 4.69) is 20.3 Å². The van der Waals surface area contributed by atoms with Crippen molar-refractivity contribution in [2.24, 2.45) is 5.92 Å². The average Bonchev–Trinajstić information content (AvgIpc) is 3.44. The summed E-state index contributed by atoms with van der Waals surface area (Å²) >= 11 is 12.4. The van der Waals surface area contributed by atoms with Gasteiger partial charge in [-0.1, -0.05) is 37.0 Å². The molecule has 1 heterocycles. The van der Waals surface area contributed by atoms with Crippen molar-refractivity contribution >= 4 is 41.0 Å². The number of halogens is 2. The molecule has 10 heteroatoms. The van der Waals surface area contributed by atoms with Gasteiger partial charge in [-0.25, -0.2) is 9.89 Å². The van der Waals surface area contributed by atoms with Crippen LogP contribution in [-0.4, -0.2) is 22.3 Å². The summed E-state index contributed by atoms with van der Waals surface area (Å²) in [4.78, 5) is 35.0. The molecule has 0 radical (unpaired) electrons. The highest BCUT2D eigenvalue weighted by atomic mass is 35.5. The molecular formula is C18H17Cl2N3O5. The molecule has 8 nitrogen and oxygen atoms in total. The molecule has 2 N–H and O–H groups in total. The van der Waals surface area contributed by atoms with E-state index in [4.69, 9.17) is 27.9 Å². The lowest BCUT2D eigenvalue weighted by molar-refractivity contribution is -0.138. The maximum Gasteiger partial charge on any atom is 0.419 e. The zero-order chi connectivity index (χ0) is 20.4. The van der Waals surface area contributed by atoms with E-state index in [1.807, 2.05) is 13.8 Å². The van der Waals surface area contributed by atoms with Crippen molar-refractivity contribution in [3.8, 4) is 11.6 Å². The Labute approximate surface area is 170 Å². The summed E-state index contributed by atoms with van der Waals surface area (Å²) in [6.45, 7) is 3.73. The summed E-state index contributed by atoms with van der Waals surface area (Å²) in [5.41, 5.74) is 0.421. The lowest BCUT2D eigenvalue weighted by atomic mass is 10.1. The van der Waals surface area contributed by atoms with Crippen LogP contribution in [0.3, 0.4) is 0 Å². The molecule has 0 spiro atoms. The molecule has 0 aliphatic heterocycles. The summed E-state index contributed by atoms with van der Waals surface area (Å²) in [5, 5.41) is 8.75. The van der Waals surface area contributed by atoms with E-state index in [0.717, 1.165) is 12.8 Å². The van der Waals surface area contributed by atoms with Gasteiger partial charge in [0, 0.05) is 17.3 Å². The third-order valence-corrected chi connectivity index (χ3v) is 4.55. The number of carbonyl (C=O) groups excluding carboxylic acids is 2. The van der Waals surface area contributed by atoms with Crippen LogP contribution in [0.25, 0.3) is 0 Å². The van der Waals surface area contributed by atoms with Gasteiger partial charge in [0.25, 0.3) is 5.56 Å².